The molecule has 2 aromatic carbocycles. The maximum atomic E-state index is 12.2. The number of benzene rings is 2. The Bertz CT molecular complexity index is 1630. The SMILES string of the molecule is CNCC(=O)NCC(=O)NCCNC(=O)CCCCCN1C=CC2=C3c4sc5ccccc5[n+]4CCC3Oc3cccc1c32. The molecule has 6 rings (SSSR count). The summed E-state index contributed by atoms with van der Waals surface area (Å²) >= 11 is 1.85. The molecule has 1 atom stereocenters. The number of aryl methyl sites for hydroxylation is 1. The number of nitrogens with one attached hydrogen (secondary N) is 4. The van der Waals surface area contributed by atoms with Gasteiger partial charge in [0, 0.05) is 55.9 Å². The summed E-state index contributed by atoms with van der Waals surface area (Å²) in [7, 11) is 1.66. The first-order chi connectivity index (χ1) is 21.5. The van der Waals surface area contributed by atoms with Crippen LogP contribution in [0.5, 0.6) is 5.75 Å². The van der Waals surface area contributed by atoms with Gasteiger partial charge in [-0.25, -0.2) is 0 Å². The molecule has 44 heavy (non-hydrogen) atoms. The van der Waals surface area contributed by atoms with Crippen LogP contribution in [0.3, 0.4) is 0 Å². The number of para-hydroxylation sites is 1. The van der Waals surface area contributed by atoms with Crippen molar-refractivity contribution in [2.24, 2.45) is 0 Å². The predicted molar refractivity (Wildman–Crippen MR) is 172 cm³/mol. The van der Waals surface area contributed by atoms with Crippen molar-refractivity contribution in [3.63, 3.8) is 0 Å². The average molecular weight is 616 g/mol. The highest BCUT2D eigenvalue weighted by atomic mass is 32.1. The zero-order chi connectivity index (χ0) is 30.5. The molecule has 11 heteroatoms. The number of amides is 3. The third-order valence-electron chi connectivity index (χ3n) is 8.19. The van der Waals surface area contributed by atoms with Gasteiger partial charge >= 0.3 is 0 Å². The lowest BCUT2D eigenvalue weighted by atomic mass is 9.87. The number of unbranched alkanes of at least 4 members (excludes halogenated alkanes) is 2. The summed E-state index contributed by atoms with van der Waals surface area (Å²) in [6, 6.07) is 15.0. The molecule has 230 valence electrons. The summed E-state index contributed by atoms with van der Waals surface area (Å²) in [6.45, 7) is 2.58. The number of anilines is 1. The number of likely N-dealkylation sites (N-methyl/N-ethyl adjacent to an activating group) is 1. The van der Waals surface area contributed by atoms with Gasteiger partial charge in [0.15, 0.2) is 6.54 Å². The molecule has 1 aromatic heterocycles. The number of allylic oxidation sites excluding steroid dienone is 2. The van der Waals surface area contributed by atoms with Gasteiger partial charge in [-0.2, -0.15) is 4.57 Å². The molecule has 0 saturated heterocycles. The molecule has 4 heterocycles. The summed E-state index contributed by atoms with van der Waals surface area (Å²) in [6.07, 6.45) is 8.63. The molecular weight excluding hydrogens is 576 g/mol. The third-order valence-corrected chi connectivity index (χ3v) is 9.39. The lowest BCUT2D eigenvalue weighted by molar-refractivity contribution is -0.673. The van der Waals surface area contributed by atoms with Crippen molar-refractivity contribution in [1.82, 2.24) is 21.3 Å². The van der Waals surface area contributed by atoms with Crippen LogP contribution in [0.25, 0.3) is 21.4 Å². The fourth-order valence-corrected chi connectivity index (χ4v) is 7.41. The van der Waals surface area contributed by atoms with Crippen molar-refractivity contribution in [3.05, 3.63) is 65.3 Å². The van der Waals surface area contributed by atoms with E-state index >= 15 is 0 Å². The number of thiazole rings is 1. The quantitative estimate of drug-likeness (QED) is 0.174. The van der Waals surface area contributed by atoms with Crippen LogP contribution in [0.2, 0.25) is 0 Å². The zero-order valence-electron chi connectivity index (χ0n) is 25.0. The van der Waals surface area contributed by atoms with Crippen LogP contribution in [0.1, 0.15) is 42.7 Å². The predicted octanol–water partition coefficient (Wildman–Crippen LogP) is 2.73. The molecule has 3 aromatic rings. The second-order valence-electron chi connectivity index (χ2n) is 11.2. The second-order valence-corrected chi connectivity index (χ2v) is 12.3. The van der Waals surface area contributed by atoms with E-state index in [0.29, 0.717) is 19.5 Å². The Morgan fingerprint density at radius 1 is 0.955 bits per heavy atom. The van der Waals surface area contributed by atoms with Gasteiger partial charge < -0.3 is 30.9 Å². The van der Waals surface area contributed by atoms with E-state index in [1.165, 1.54) is 37.6 Å². The van der Waals surface area contributed by atoms with E-state index in [1.54, 1.807) is 7.05 Å². The van der Waals surface area contributed by atoms with Crippen molar-refractivity contribution in [2.75, 3.05) is 44.7 Å². The van der Waals surface area contributed by atoms with Crippen LogP contribution in [0.4, 0.5) is 5.69 Å². The van der Waals surface area contributed by atoms with Gasteiger partial charge in [0.25, 0.3) is 5.01 Å². The largest absolute Gasteiger partial charge is 0.484 e. The number of carbonyl (C=O) groups excluding carboxylic acids is 3. The molecule has 0 spiro atoms. The lowest BCUT2D eigenvalue weighted by Gasteiger charge is -2.36. The smallest absolute Gasteiger partial charge is 0.270 e. The maximum Gasteiger partial charge on any atom is 0.270 e. The van der Waals surface area contributed by atoms with Gasteiger partial charge in [0.2, 0.25) is 23.2 Å². The number of hydrogen-bond acceptors (Lipinski definition) is 7. The van der Waals surface area contributed by atoms with Crippen LogP contribution < -0.4 is 35.5 Å². The first kappa shape index (κ1) is 29.8. The standard InChI is InChI=1S/C33H38N6O4S/c1-34-20-29(41)37-21-30(42)36-16-15-35-28(40)12-3-2-6-17-38-18-13-22-31-24(38)9-7-10-25(31)43-26-14-19-39-23-8-4-5-11-27(23)44-33(39)32(22)26/h4-5,7-11,13,18,26,34H,2-3,6,12,14-17,19-21H2,1H3,(H2-,35,36,37,40,41,42)/p+1. The molecule has 0 fully saturated rings. The molecule has 3 aliphatic rings. The van der Waals surface area contributed by atoms with Gasteiger partial charge in [-0.15, -0.1) is 0 Å². The van der Waals surface area contributed by atoms with Crippen molar-refractivity contribution in [1.29, 1.82) is 0 Å². The van der Waals surface area contributed by atoms with Crippen molar-refractivity contribution >= 4 is 56.1 Å². The molecule has 0 radical (unpaired) electrons. The van der Waals surface area contributed by atoms with Crippen LogP contribution in [-0.4, -0.2) is 63.6 Å². The van der Waals surface area contributed by atoms with Crippen LogP contribution in [0, 0.1) is 0 Å². The summed E-state index contributed by atoms with van der Waals surface area (Å²) in [4.78, 5) is 37.7. The Morgan fingerprint density at radius 2 is 1.77 bits per heavy atom. The molecule has 0 saturated carbocycles. The van der Waals surface area contributed by atoms with Crippen molar-refractivity contribution in [2.45, 2.75) is 44.8 Å². The van der Waals surface area contributed by atoms with E-state index in [0.717, 1.165) is 44.5 Å². The highest BCUT2D eigenvalue weighted by Gasteiger charge is 2.42. The number of hydrogen-bond donors (Lipinski definition) is 4. The van der Waals surface area contributed by atoms with Crippen LogP contribution in [-0.2, 0) is 20.9 Å². The van der Waals surface area contributed by atoms with Crippen molar-refractivity contribution in [3.8, 4) is 5.75 Å². The molecule has 1 unspecified atom stereocenters. The minimum Gasteiger partial charge on any atom is -0.484 e. The van der Waals surface area contributed by atoms with Gasteiger partial charge in [0.1, 0.15) is 16.6 Å². The molecular formula is C33H39N6O4S+. The van der Waals surface area contributed by atoms with Crippen LogP contribution in [0.15, 0.2) is 54.7 Å². The van der Waals surface area contributed by atoms with Gasteiger partial charge in [0.05, 0.1) is 24.4 Å². The number of carbonyl (C=O) groups is 3. The maximum absolute atomic E-state index is 12.2. The fraction of sp³-hybridized carbons (Fsp3) is 0.394. The molecule has 3 amide bonds. The summed E-state index contributed by atoms with van der Waals surface area (Å²) < 4.78 is 10.4. The Hall–Kier alpha value is -4.22. The average Bonchev–Trinajstić information content (AvgIpc) is 3.41. The zero-order valence-corrected chi connectivity index (χ0v) is 25.8. The topological polar surface area (TPSA) is 116 Å². The van der Waals surface area contributed by atoms with E-state index in [1.807, 2.05) is 11.3 Å². The molecule has 4 N–H and O–H groups in total. The number of nitrogens with zero attached hydrogens (tertiary/aromatic N) is 2. The van der Waals surface area contributed by atoms with Gasteiger partial charge in [-0.3, -0.25) is 14.4 Å². The highest BCUT2D eigenvalue weighted by molar-refractivity contribution is 7.19. The number of ether oxygens (including phenoxy) is 1. The molecule has 0 aliphatic carbocycles. The number of aromatic nitrogens is 1. The van der Waals surface area contributed by atoms with Crippen molar-refractivity contribution < 1.29 is 23.7 Å². The third kappa shape index (κ3) is 6.34. The molecule has 3 aliphatic heterocycles. The van der Waals surface area contributed by atoms with E-state index in [2.05, 4.69) is 85.5 Å². The number of rotatable bonds is 13. The Morgan fingerprint density at radius 3 is 2.64 bits per heavy atom. The minimum atomic E-state index is -0.285. The van der Waals surface area contributed by atoms with Crippen LogP contribution >= 0.6 is 11.3 Å². The van der Waals surface area contributed by atoms with E-state index in [-0.39, 0.29) is 36.9 Å². The summed E-state index contributed by atoms with van der Waals surface area (Å²) in [5, 5.41) is 12.1. The first-order valence-corrected chi connectivity index (χ1v) is 16.2. The van der Waals surface area contributed by atoms with E-state index < -0.39 is 0 Å². The fourth-order valence-electron chi connectivity index (χ4n) is 6.12. The van der Waals surface area contributed by atoms with Gasteiger partial charge in [-0.05, 0) is 44.2 Å². The Kier molecular flexibility index (Phi) is 9.23. The van der Waals surface area contributed by atoms with Gasteiger partial charge in [-0.1, -0.05) is 36.0 Å². The normalized spacial score (nSPS) is 16.1. The first-order valence-electron chi connectivity index (χ1n) is 15.4. The molecule has 10 nitrogen and oxygen atoms in total. The second kappa shape index (κ2) is 13.6. The van der Waals surface area contributed by atoms with E-state index in [9.17, 15) is 14.4 Å². The Balaban J connectivity index is 0.991. The Labute approximate surface area is 261 Å². The molecule has 0 bridgehead atoms. The van der Waals surface area contributed by atoms with E-state index in [4.69, 9.17) is 4.74 Å². The number of fused-ring (bicyclic) bond motifs is 5. The minimum absolute atomic E-state index is 0.0227. The monoisotopic (exact) mass is 615 g/mol. The summed E-state index contributed by atoms with van der Waals surface area (Å²) in [5.74, 6) is 0.411. The summed E-state index contributed by atoms with van der Waals surface area (Å²) in [5.41, 5.74) is 6.22. The highest BCUT2D eigenvalue weighted by Crippen LogP contribution is 2.49. The lowest BCUT2D eigenvalue weighted by Crippen LogP contribution is -2.45.